The van der Waals surface area contributed by atoms with Crippen LogP contribution in [-0.2, 0) is 0 Å². The van der Waals surface area contributed by atoms with Crippen molar-refractivity contribution in [2.45, 2.75) is 6.92 Å². The van der Waals surface area contributed by atoms with Gasteiger partial charge in [0.2, 0.25) is 5.82 Å². The molecule has 15 heavy (non-hydrogen) atoms. The molecule has 1 N–H and O–H groups in total. The van der Waals surface area contributed by atoms with E-state index in [0.29, 0.717) is 4.47 Å². The van der Waals surface area contributed by atoms with Gasteiger partial charge in [-0.25, -0.2) is 4.39 Å². The van der Waals surface area contributed by atoms with Crippen molar-refractivity contribution < 1.29 is 18.6 Å². The normalized spacial score (nSPS) is 12.6. The monoisotopic (exact) mass is 280 g/mol. The molecule has 2 nitrogen and oxygen atoms in total. The predicted octanol–water partition coefficient (Wildman–Crippen LogP) is 2.73. The highest BCUT2D eigenvalue weighted by Gasteiger charge is 2.12. The van der Waals surface area contributed by atoms with Crippen LogP contribution in [0.15, 0.2) is 16.6 Å². The summed E-state index contributed by atoms with van der Waals surface area (Å²) in [6.07, 6.45) is 0. The van der Waals surface area contributed by atoms with Crippen molar-refractivity contribution in [1.29, 1.82) is 0 Å². The Kier molecular flexibility index (Phi) is 4.47. The van der Waals surface area contributed by atoms with E-state index in [1.165, 1.54) is 6.07 Å². The molecular weight excluding hydrogens is 270 g/mol. The van der Waals surface area contributed by atoms with Gasteiger partial charge in [0.1, 0.15) is 0 Å². The summed E-state index contributed by atoms with van der Waals surface area (Å²) in [6.45, 7) is 1.83. The van der Waals surface area contributed by atoms with E-state index in [9.17, 15) is 8.78 Å². The molecule has 0 aliphatic heterocycles. The lowest BCUT2D eigenvalue weighted by molar-refractivity contribution is 0.170. The summed E-state index contributed by atoms with van der Waals surface area (Å²) in [5.74, 6) is -2.24. The van der Waals surface area contributed by atoms with Crippen molar-refractivity contribution in [3.05, 3.63) is 28.2 Å². The Hall–Kier alpha value is -0.680. The number of hydrogen-bond acceptors (Lipinski definition) is 2. The number of rotatable bonds is 4. The number of hydrogen-bond donors (Lipinski definition) is 1. The van der Waals surface area contributed by atoms with Crippen LogP contribution >= 0.6 is 15.9 Å². The quantitative estimate of drug-likeness (QED) is 0.860. The minimum absolute atomic E-state index is 0.0574. The number of aliphatic hydroxyl groups excluding tert-OH is 1. The van der Waals surface area contributed by atoms with Gasteiger partial charge in [-0.3, -0.25) is 0 Å². The Morgan fingerprint density at radius 2 is 2.13 bits per heavy atom. The maximum Gasteiger partial charge on any atom is 0.200 e. The molecule has 1 rings (SSSR count). The van der Waals surface area contributed by atoms with Gasteiger partial charge in [-0.05, 0) is 12.1 Å². The number of halogens is 3. The molecule has 5 heteroatoms. The molecule has 1 unspecified atom stereocenters. The standard InChI is InChI=1S/C10H11BrF2O2/c1-6(4-14)5-15-9-3-7(11)2-8(12)10(9)13/h2-3,6,14H,4-5H2,1H3. The van der Waals surface area contributed by atoms with Crippen LogP contribution in [0.3, 0.4) is 0 Å². The Morgan fingerprint density at radius 1 is 1.47 bits per heavy atom. The molecule has 1 atom stereocenters. The van der Waals surface area contributed by atoms with Crippen LogP contribution in [0, 0.1) is 17.6 Å². The fourth-order valence-corrected chi connectivity index (χ4v) is 1.33. The van der Waals surface area contributed by atoms with Gasteiger partial charge >= 0.3 is 0 Å². The maximum atomic E-state index is 13.2. The average Bonchev–Trinajstić information content (AvgIpc) is 2.20. The SMILES string of the molecule is CC(CO)COc1cc(Br)cc(F)c1F. The van der Waals surface area contributed by atoms with Crippen molar-refractivity contribution in [2.75, 3.05) is 13.2 Å². The first-order valence-electron chi connectivity index (χ1n) is 4.42. The molecule has 84 valence electrons. The summed E-state index contributed by atoms with van der Waals surface area (Å²) in [5.41, 5.74) is 0. The topological polar surface area (TPSA) is 29.5 Å². The van der Waals surface area contributed by atoms with Gasteiger partial charge in [-0.15, -0.1) is 0 Å². The molecule has 0 heterocycles. The van der Waals surface area contributed by atoms with Crippen LogP contribution in [0.4, 0.5) is 8.78 Å². The lowest BCUT2D eigenvalue weighted by atomic mass is 10.2. The van der Waals surface area contributed by atoms with E-state index in [4.69, 9.17) is 9.84 Å². The average molecular weight is 281 g/mol. The third kappa shape index (κ3) is 3.43. The van der Waals surface area contributed by atoms with Crippen molar-refractivity contribution in [3.63, 3.8) is 0 Å². The van der Waals surface area contributed by atoms with Gasteiger partial charge in [0, 0.05) is 17.0 Å². The minimum Gasteiger partial charge on any atom is -0.490 e. The number of aliphatic hydroxyl groups is 1. The van der Waals surface area contributed by atoms with E-state index < -0.39 is 11.6 Å². The lowest BCUT2D eigenvalue weighted by Gasteiger charge is -2.11. The first-order chi connectivity index (χ1) is 7.04. The second-order valence-electron chi connectivity index (χ2n) is 3.30. The van der Waals surface area contributed by atoms with E-state index in [-0.39, 0.29) is 24.9 Å². The van der Waals surface area contributed by atoms with Crippen LogP contribution < -0.4 is 4.74 Å². The Bertz CT molecular complexity index is 344. The summed E-state index contributed by atoms with van der Waals surface area (Å²) in [5, 5.41) is 8.73. The van der Waals surface area contributed by atoms with Gasteiger partial charge in [0.15, 0.2) is 11.6 Å². The lowest BCUT2D eigenvalue weighted by Crippen LogP contribution is -2.13. The molecular formula is C10H11BrF2O2. The molecule has 0 aliphatic carbocycles. The molecule has 0 bridgehead atoms. The second-order valence-corrected chi connectivity index (χ2v) is 4.21. The number of benzene rings is 1. The van der Waals surface area contributed by atoms with E-state index in [1.807, 2.05) is 0 Å². The van der Waals surface area contributed by atoms with Crippen molar-refractivity contribution >= 4 is 15.9 Å². The summed E-state index contributed by atoms with van der Waals surface area (Å²) in [7, 11) is 0. The third-order valence-corrected chi connectivity index (χ3v) is 2.25. The zero-order chi connectivity index (χ0) is 11.4. The molecule has 0 saturated carbocycles. The van der Waals surface area contributed by atoms with Crippen LogP contribution in [0.1, 0.15) is 6.92 Å². The first-order valence-corrected chi connectivity index (χ1v) is 5.22. The van der Waals surface area contributed by atoms with Crippen LogP contribution in [0.25, 0.3) is 0 Å². The summed E-state index contributed by atoms with van der Waals surface area (Å²) in [4.78, 5) is 0. The molecule has 1 aromatic rings. The van der Waals surface area contributed by atoms with Crippen LogP contribution in [0.5, 0.6) is 5.75 Å². The Balaban J connectivity index is 2.76. The highest BCUT2D eigenvalue weighted by Crippen LogP contribution is 2.25. The molecule has 0 radical (unpaired) electrons. The maximum absolute atomic E-state index is 13.2. The van der Waals surface area contributed by atoms with Gasteiger partial charge in [-0.1, -0.05) is 22.9 Å². The van der Waals surface area contributed by atoms with Crippen LogP contribution in [-0.4, -0.2) is 18.3 Å². The van der Waals surface area contributed by atoms with E-state index in [2.05, 4.69) is 15.9 Å². The van der Waals surface area contributed by atoms with Crippen LogP contribution in [0.2, 0.25) is 0 Å². The zero-order valence-electron chi connectivity index (χ0n) is 8.14. The summed E-state index contributed by atoms with van der Waals surface area (Å²) < 4.78 is 31.5. The molecule has 0 fully saturated rings. The third-order valence-electron chi connectivity index (χ3n) is 1.79. The number of ether oxygens (including phenoxy) is 1. The predicted molar refractivity (Wildman–Crippen MR) is 55.8 cm³/mol. The van der Waals surface area contributed by atoms with Gasteiger partial charge in [0.25, 0.3) is 0 Å². The molecule has 0 aromatic heterocycles. The highest BCUT2D eigenvalue weighted by molar-refractivity contribution is 9.10. The van der Waals surface area contributed by atoms with E-state index >= 15 is 0 Å². The van der Waals surface area contributed by atoms with Crippen molar-refractivity contribution in [1.82, 2.24) is 0 Å². The molecule has 0 spiro atoms. The van der Waals surface area contributed by atoms with Gasteiger partial charge in [0.05, 0.1) is 6.61 Å². The second kappa shape index (κ2) is 5.42. The van der Waals surface area contributed by atoms with E-state index in [1.54, 1.807) is 6.92 Å². The first kappa shape index (κ1) is 12.4. The largest absolute Gasteiger partial charge is 0.490 e. The summed E-state index contributed by atoms with van der Waals surface area (Å²) in [6, 6.07) is 2.38. The molecule has 0 aliphatic rings. The Morgan fingerprint density at radius 3 is 2.73 bits per heavy atom. The molecule has 0 saturated heterocycles. The minimum atomic E-state index is -1.01. The van der Waals surface area contributed by atoms with Gasteiger partial charge < -0.3 is 9.84 Å². The highest BCUT2D eigenvalue weighted by atomic mass is 79.9. The Labute approximate surface area is 95.0 Å². The fourth-order valence-electron chi connectivity index (χ4n) is 0.922. The molecule has 0 amide bonds. The van der Waals surface area contributed by atoms with Gasteiger partial charge in [-0.2, -0.15) is 4.39 Å². The van der Waals surface area contributed by atoms with Crippen molar-refractivity contribution in [3.8, 4) is 5.75 Å². The van der Waals surface area contributed by atoms with Crippen molar-refractivity contribution in [2.24, 2.45) is 5.92 Å². The molecule has 1 aromatic carbocycles. The fraction of sp³-hybridized carbons (Fsp3) is 0.400. The summed E-state index contributed by atoms with van der Waals surface area (Å²) >= 11 is 3.04. The van der Waals surface area contributed by atoms with E-state index in [0.717, 1.165) is 6.07 Å². The zero-order valence-corrected chi connectivity index (χ0v) is 9.72. The smallest absolute Gasteiger partial charge is 0.200 e.